The molecule has 0 unspecified atom stereocenters. The minimum absolute atomic E-state index is 0.00481. The van der Waals surface area contributed by atoms with Crippen LogP contribution in [0.3, 0.4) is 0 Å². The first-order valence-corrected chi connectivity index (χ1v) is 6.68. The van der Waals surface area contributed by atoms with E-state index in [1.807, 2.05) is 19.1 Å². The maximum absolute atomic E-state index is 12.3. The molecule has 1 saturated carbocycles. The summed E-state index contributed by atoms with van der Waals surface area (Å²) < 4.78 is 0. The van der Waals surface area contributed by atoms with Gasteiger partial charge in [-0.1, -0.05) is 19.3 Å². The van der Waals surface area contributed by atoms with Crippen LogP contribution in [0.1, 0.15) is 54.9 Å². The summed E-state index contributed by atoms with van der Waals surface area (Å²) in [5.74, 6) is -0.00481. The van der Waals surface area contributed by atoms with Crippen molar-refractivity contribution in [1.82, 2.24) is 5.32 Å². The second-order valence-corrected chi connectivity index (χ2v) is 5.71. The monoisotopic (exact) mass is 246 g/mol. The zero-order valence-corrected chi connectivity index (χ0v) is 11.3. The quantitative estimate of drug-likeness (QED) is 0.788. The Labute approximate surface area is 109 Å². The molecule has 1 aromatic rings. The van der Waals surface area contributed by atoms with Crippen LogP contribution < -0.4 is 11.1 Å². The first-order chi connectivity index (χ1) is 8.48. The fourth-order valence-electron chi connectivity index (χ4n) is 2.75. The van der Waals surface area contributed by atoms with E-state index in [1.165, 1.54) is 19.3 Å². The zero-order chi connectivity index (χ0) is 13.2. The molecule has 1 fully saturated rings. The van der Waals surface area contributed by atoms with Gasteiger partial charge in [0.15, 0.2) is 0 Å². The molecule has 0 aromatic heterocycles. The highest BCUT2D eigenvalue weighted by molar-refractivity contribution is 5.95. The van der Waals surface area contributed by atoms with Crippen LogP contribution in [0.15, 0.2) is 18.2 Å². The van der Waals surface area contributed by atoms with E-state index in [2.05, 4.69) is 12.2 Å². The Morgan fingerprint density at radius 3 is 2.50 bits per heavy atom. The van der Waals surface area contributed by atoms with Crippen LogP contribution in [0.4, 0.5) is 5.69 Å². The number of hydrogen-bond donors (Lipinski definition) is 2. The number of amides is 1. The number of rotatable bonds is 2. The maximum atomic E-state index is 12.3. The van der Waals surface area contributed by atoms with Crippen molar-refractivity contribution in [2.75, 3.05) is 5.73 Å². The minimum Gasteiger partial charge on any atom is -0.399 e. The fourth-order valence-corrected chi connectivity index (χ4v) is 2.75. The van der Waals surface area contributed by atoms with E-state index < -0.39 is 0 Å². The number of nitrogens with one attached hydrogen (secondary N) is 1. The van der Waals surface area contributed by atoms with E-state index >= 15 is 0 Å². The molecule has 3 nitrogen and oxygen atoms in total. The van der Waals surface area contributed by atoms with Crippen LogP contribution in [0.25, 0.3) is 0 Å². The highest BCUT2D eigenvalue weighted by Crippen LogP contribution is 2.28. The molecule has 1 aromatic carbocycles. The van der Waals surface area contributed by atoms with Gasteiger partial charge in [-0.25, -0.2) is 0 Å². The molecule has 0 saturated heterocycles. The standard InChI is InChI=1S/C15H22N2O/c1-11-8-12(10-13(16)9-11)14(18)17-15(2)6-4-3-5-7-15/h8-10H,3-7,16H2,1-2H3,(H,17,18). The Balaban J connectivity index is 2.11. The van der Waals surface area contributed by atoms with E-state index in [0.29, 0.717) is 11.3 Å². The molecule has 1 amide bonds. The third-order valence-corrected chi connectivity index (χ3v) is 3.73. The third kappa shape index (κ3) is 3.03. The summed E-state index contributed by atoms with van der Waals surface area (Å²) in [5.41, 5.74) is 8.07. The SMILES string of the molecule is Cc1cc(N)cc(C(=O)NC2(C)CCCCC2)c1. The van der Waals surface area contributed by atoms with E-state index in [0.717, 1.165) is 18.4 Å². The van der Waals surface area contributed by atoms with Gasteiger partial charge in [0.25, 0.3) is 5.91 Å². The van der Waals surface area contributed by atoms with E-state index in [-0.39, 0.29) is 11.4 Å². The molecule has 1 aliphatic rings. The van der Waals surface area contributed by atoms with Crippen molar-refractivity contribution in [3.05, 3.63) is 29.3 Å². The number of hydrogen-bond acceptors (Lipinski definition) is 2. The van der Waals surface area contributed by atoms with Gasteiger partial charge in [-0.2, -0.15) is 0 Å². The molecule has 0 radical (unpaired) electrons. The molecule has 2 rings (SSSR count). The molecule has 0 bridgehead atoms. The smallest absolute Gasteiger partial charge is 0.251 e. The van der Waals surface area contributed by atoms with E-state index in [4.69, 9.17) is 5.73 Å². The Morgan fingerprint density at radius 2 is 1.89 bits per heavy atom. The average molecular weight is 246 g/mol. The molecule has 0 atom stereocenters. The molecule has 0 heterocycles. The molecule has 0 spiro atoms. The summed E-state index contributed by atoms with van der Waals surface area (Å²) in [7, 11) is 0. The first kappa shape index (κ1) is 12.9. The van der Waals surface area contributed by atoms with Crippen LogP contribution in [-0.4, -0.2) is 11.4 Å². The summed E-state index contributed by atoms with van der Waals surface area (Å²) >= 11 is 0. The number of anilines is 1. The van der Waals surface area contributed by atoms with Crippen molar-refractivity contribution in [3.8, 4) is 0 Å². The predicted octanol–water partition coefficient (Wildman–Crippen LogP) is 3.03. The second-order valence-electron chi connectivity index (χ2n) is 5.71. The summed E-state index contributed by atoms with van der Waals surface area (Å²) in [6.07, 6.45) is 5.82. The van der Waals surface area contributed by atoms with Crippen LogP contribution in [0.5, 0.6) is 0 Å². The number of carbonyl (C=O) groups excluding carboxylic acids is 1. The lowest BCUT2D eigenvalue weighted by Crippen LogP contribution is -2.47. The molecule has 3 heteroatoms. The molecule has 3 N–H and O–H groups in total. The molecule has 1 aliphatic carbocycles. The van der Waals surface area contributed by atoms with Gasteiger partial charge in [0.05, 0.1) is 0 Å². The topological polar surface area (TPSA) is 55.1 Å². The minimum atomic E-state index is -0.0478. The molecular weight excluding hydrogens is 224 g/mol. The van der Waals surface area contributed by atoms with Crippen molar-refractivity contribution in [1.29, 1.82) is 0 Å². The van der Waals surface area contributed by atoms with Crippen LogP contribution in [0.2, 0.25) is 0 Å². The van der Waals surface area contributed by atoms with Crippen molar-refractivity contribution in [2.45, 2.75) is 51.5 Å². The lowest BCUT2D eigenvalue weighted by molar-refractivity contribution is 0.0882. The number of benzene rings is 1. The number of carbonyl (C=O) groups is 1. The Kier molecular flexibility index (Phi) is 3.60. The lowest BCUT2D eigenvalue weighted by Gasteiger charge is -2.34. The fraction of sp³-hybridized carbons (Fsp3) is 0.533. The maximum Gasteiger partial charge on any atom is 0.251 e. The average Bonchev–Trinajstić information content (AvgIpc) is 2.28. The van der Waals surface area contributed by atoms with Crippen molar-refractivity contribution in [2.24, 2.45) is 0 Å². The van der Waals surface area contributed by atoms with Gasteiger partial charge in [-0.3, -0.25) is 4.79 Å². The van der Waals surface area contributed by atoms with Gasteiger partial charge in [0.1, 0.15) is 0 Å². The van der Waals surface area contributed by atoms with Gasteiger partial charge in [-0.05, 0) is 50.5 Å². The first-order valence-electron chi connectivity index (χ1n) is 6.68. The van der Waals surface area contributed by atoms with Gasteiger partial charge in [0.2, 0.25) is 0 Å². The van der Waals surface area contributed by atoms with Gasteiger partial charge in [0, 0.05) is 16.8 Å². The normalized spacial score (nSPS) is 18.3. The Bertz CT molecular complexity index is 428. The lowest BCUT2D eigenvalue weighted by atomic mass is 9.83. The zero-order valence-electron chi connectivity index (χ0n) is 11.3. The molecule has 0 aliphatic heterocycles. The van der Waals surface area contributed by atoms with Crippen LogP contribution in [-0.2, 0) is 0 Å². The molecule has 98 valence electrons. The summed E-state index contributed by atoms with van der Waals surface area (Å²) in [6, 6.07) is 5.51. The Hall–Kier alpha value is -1.51. The largest absolute Gasteiger partial charge is 0.399 e. The summed E-state index contributed by atoms with van der Waals surface area (Å²) in [6.45, 7) is 4.10. The highest BCUT2D eigenvalue weighted by Gasteiger charge is 2.28. The van der Waals surface area contributed by atoms with Gasteiger partial charge < -0.3 is 11.1 Å². The summed E-state index contributed by atoms with van der Waals surface area (Å²) in [5, 5.41) is 3.17. The van der Waals surface area contributed by atoms with Crippen LogP contribution >= 0.6 is 0 Å². The molecule has 18 heavy (non-hydrogen) atoms. The number of nitrogen functional groups attached to an aromatic ring is 1. The second kappa shape index (κ2) is 5.01. The van der Waals surface area contributed by atoms with Gasteiger partial charge in [-0.15, -0.1) is 0 Å². The van der Waals surface area contributed by atoms with E-state index in [1.54, 1.807) is 6.07 Å². The van der Waals surface area contributed by atoms with Crippen molar-refractivity contribution >= 4 is 11.6 Å². The number of aryl methyl sites for hydroxylation is 1. The number of nitrogens with two attached hydrogens (primary N) is 1. The highest BCUT2D eigenvalue weighted by atomic mass is 16.1. The van der Waals surface area contributed by atoms with Gasteiger partial charge >= 0.3 is 0 Å². The predicted molar refractivity (Wildman–Crippen MR) is 74.5 cm³/mol. The molecular formula is C15H22N2O. The van der Waals surface area contributed by atoms with E-state index in [9.17, 15) is 4.79 Å². The Morgan fingerprint density at radius 1 is 1.22 bits per heavy atom. The van der Waals surface area contributed by atoms with Crippen LogP contribution in [0, 0.1) is 6.92 Å². The van der Waals surface area contributed by atoms with Crippen molar-refractivity contribution in [3.63, 3.8) is 0 Å². The third-order valence-electron chi connectivity index (χ3n) is 3.73. The van der Waals surface area contributed by atoms with Crippen molar-refractivity contribution < 1.29 is 4.79 Å². The summed E-state index contributed by atoms with van der Waals surface area (Å²) in [4.78, 5) is 12.3.